The molecule has 0 atom stereocenters. The van der Waals surface area contributed by atoms with E-state index in [2.05, 4.69) is 0 Å². The van der Waals surface area contributed by atoms with Crippen molar-refractivity contribution >= 4 is 21.7 Å². The summed E-state index contributed by atoms with van der Waals surface area (Å²) in [5, 5.41) is 19.3. The van der Waals surface area contributed by atoms with Crippen LogP contribution in [0.4, 0.5) is 5.69 Å². The molecule has 0 aromatic heterocycles. The lowest BCUT2D eigenvalue weighted by Crippen LogP contribution is -2.33. The molecule has 0 radical (unpaired) electrons. The fourth-order valence-electron chi connectivity index (χ4n) is 1.41. The van der Waals surface area contributed by atoms with E-state index in [-0.39, 0.29) is 11.3 Å². The van der Waals surface area contributed by atoms with Crippen LogP contribution in [0, 0.1) is 10.1 Å². The maximum absolute atomic E-state index is 11.9. The molecule has 0 amide bonds. The Labute approximate surface area is 109 Å². The molecule has 8 nitrogen and oxygen atoms in total. The minimum atomic E-state index is -3.92. The molecule has 0 saturated carbocycles. The van der Waals surface area contributed by atoms with Gasteiger partial charge in [-0.25, -0.2) is 8.42 Å². The van der Waals surface area contributed by atoms with E-state index >= 15 is 0 Å². The molecular formula is C10H12N2O6S. The Morgan fingerprint density at radius 2 is 2.00 bits per heavy atom. The Bertz CT molecular complexity index is 598. The van der Waals surface area contributed by atoms with Crippen molar-refractivity contribution < 1.29 is 23.2 Å². The summed E-state index contributed by atoms with van der Waals surface area (Å²) in [7, 11) is -2.81. The monoisotopic (exact) mass is 288 g/mol. The van der Waals surface area contributed by atoms with Crippen molar-refractivity contribution in [1.29, 1.82) is 0 Å². The van der Waals surface area contributed by atoms with Gasteiger partial charge in [-0.05, 0) is 0 Å². The van der Waals surface area contributed by atoms with Gasteiger partial charge in [-0.15, -0.1) is 0 Å². The molecule has 1 aromatic carbocycles. The zero-order valence-electron chi connectivity index (χ0n) is 10.0. The fourth-order valence-corrected chi connectivity index (χ4v) is 2.57. The maximum Gasteiger partial charge on any atom is 0.318 e. The highest BCUT2D eigenvalue weighted by atomic mass is 32.2. The Kier molecular flexibility index (Phi) is 4.57. The normalized spacial score (nSPS) is 11.5. The van der Waals surface area contributed by atoms with Gasteiger partial charge in [0, 0.05) is 18.7 Å². The lowest BCUT2D eigenvalue weighted by molar-refractivity contribution is -0.385. The van der Waals surface area contributed by atoms with Gasteiger partial charge in [0.15, 0.2) is 0 Å². The molecule has 19 heavy (non-hydrogen) atoms. The number of sulfonamides is 1. The summed E-state index contributed by atoms with van der Waals surface area (Å²) in [5.74, 6) is -1.91. The second-order valence-corrected chi connectivity index (χ2v) is 5.87. The third-order valence-electron chi connectivity index (χ3n) is 2.36. The predicted octanol–water partition coefficient (Wildman–Crippen LogP) is 0.441. The van der Waals surface area contributed by atoms with Gasteiger partial charge in [0.25, 0.3) is 5.69 Å². The average molecular weight is 288 g/mol. The van der Waals surface area contributed by atoms with E-state index in [0.717, 1.165) is 7.05 Å². The number of hydrogen-bond donors (Lipinski definition) is 1. The SMILES string of the molecule is CN(CC(=O)O)S(=O)(=O)Cc1ccccc1[N+](=O)[O-]. The summed E-state index contributed by atoms with van der Waals surface area (Å²) in [6.45, 7) is -0.692. The summed E-state index contributed by atoms with van der Waals surface area (Å²) in [5.41, 5.74) is -0.292. The molecule has 0 spiro atoms. The van der Waals surface area contributed by atoms with Crippen LogP contribution in [0.1, 0.15) is 5.56 Å². The fraction of sp³-hybridized carbons (Fsp3) is 0.300. The largest absolute Gasteiger partial charge is 0.480 e. The van der Waals surface area contributed by atoms with E-state index in [1.165, 1.54) is 24.3 Å². The van der Waals surface area contributed by atoms with Crippen molar-refractivity contribution in [3.8, 4) is 0 Å². The van der Waals surface area contributed by atoms with Crippen LogP contribution >= 0.6 is 0 Å². The van der Waals surface area contributed by atoms with Gasteiger partial charge in [0.1, 0.15) is 6.54 Å². The number of carboxylic acids is 1. The number of likely N-dealkylation sites (N-methyl/N-ethyl adjacent to an activating group) is 1. The smallest absolute Gasteiger partial charge is 0.318 e. The van der Waals surface area contributed by atoms with Crippen LogP contribution in [0.2, 0.25) is 0 Å². The van der Waals surface area contributed by atoms with Gasteiger partial charge in [0.05, 0.1) is 10.7 Å². The molecule has 0 aliphatic heterocycles. The van der Waals surface area contributed by atoms with E-state index in [4.69, 9.17) is 5.11 Å². The number of carbonyl (C=O) groups is 1. The summed E-state index contributed by atoms with van der Waals surface area (Å²) >= 11 is 0. The molecule has 1 aromatic rings. The Balaban J connectivity index is 3.02. The highest BCUT2D eigenvalue weighted by Crippen LogP contribution is 2.21. The number of nitro benzene ring substituents is 1. The molecule has 0 saturated heterocycles. The minimum Gasteiger partial charge on any atom is -0.480 e. The highest BCUT2D eigenvalue weighted by molar-refractivity contribution is 7.88. The highest BCUT2D eigenvalue weighted by Gasteiger charge is 2.24. The first-order valence-electron chi connectivity index (χ1n) is 5.12. The molecular weight excluding hydrogens is 276 g/mol. The van der Waals surface area contributed by atoms with Crippen LogP contribution in [0.25, 0.3) is 0 Å². The molecule has 0 bridgehead atoms. The summed E-state index contributed by atoms with van der Waals surface area (Å²) in [4.78, 5) is 20.5. The summed E-state index contributed by atoms with van der Waals surface area (Å²) < 4.78 is 24.3. The second-order valence-electron chi connectivity index (χ2n) is 3.79. The van der Waals surface area contributed by atoms with E-state index in [1.54, 1.807) is 0 Å². The van der Waals surface area contributed by atoms with Crippen LogP contribution in [0.15, 0.2) is 24.3 Å². The quantitative estimate of drug-likeness (QED) is 0.599. The Morgan fingerprint density at radius 1 is 1.42 bits per heavy atom. The van der Waals surface area contributed by atoms with Crippen molar-refractivity contribution in [1.82, 2.24) is 4.31 Å². The van der Waals surface area contributed by atoms with Crippen molar-refractivity contribution in [3.05, 3.63) is 39.9 Å². The molecule has 1 N–H and O–H groups in total. The number of para-hydroxylation sites is 1. The van der Waals surface area contributed by atoms with Gasteiger partial charge >= 0.3 is 5.97 Å². The molecule has 104 valence electrons. The van der Waals surface area contributed by atoms with Crippen LogP contribution in [-0.2, 0) is 20.6 Å². The first-order chi connectivity index (χ1) is 8.74. The van der Waals surface area contributed by atoms with Gasteiger partial charge in [-0.1, -0.05) is 18.2 Å². The Hall–Kier alpha value is -2.00. The number of carboxylic acid groups (broad SMARTS) is 1. The summed E-state index contributed by atoms with van der Waals surface area (Å²) in [6, 6.07) is 5.43. The average Bonchev–Trinajstić information content (AvgIpc) is 2.27. The lowest BCUT2D eigenvalue weighted by atomic mass is 10.2. The van der Waals surface area contributed by atoms with Gasteiger partial charge < -0.3 is 5.11 Å². The standard InChI is InChI=1S/C10H12N2O6S/c1-11(6-10(13)14)19(17,18)7-8-4-2-3-5-9(8)12(15)16/h2-5H,6-7H2,1H3,(H,13,14). The summed E-state index contributed by atoms with van der Waals surface area (Å²) in [6.07, 6.45) is 0. The molecule has 0 fully saturated rings. The van der Waals surface area contributed by atoms with Crippen molar-refractivity contribution in [2.75, 3.05) is 13.6 Å². The van der Waals surface area contributed by atoms with E-state index in [1.807, 2.05) is 0 Å². The topological polar surface area (TPSA) is 118 Å². The van der Waals surface area contributed by atoms with Gasteiger partial charge in [-0.3, -0.25) is 14.9 Å². The van der Waals surface area contributed by atoms with Crippen LogP contribution < -0.4 is 0 Å². The first-order valence-corrected chi connectivity index (χ1v) is 6.73. The van der Waals surface area contributed by atoms with Gasteiger partial charge in [0.2, 0.25) is 10.0 Å². The molecule has 0 aliphatic carbocycles. The van der Waals surface area contributed by atoms with Crippen molar-refractivity contribution in [2.45, 2.75) is 5.75 Å². The molecule has 0 aliphatic rings. The van der Waals surface area contributed by atoms with E-state index in [9.17, 15) is 23.3 Å². The lowest BCUT2D eigenvalue weighted by Gasteiger charge is -2.14. The number of rotatable bonds is 6. The number of aliphatic carboxylic acids is 1. The maximum atomic E-state index is 11.9. The third kappa shape index (κ3) is 4.00. The molecule has 0 heterocycles. The number of nitrogens with zero attached hydrogens (tertiary/aromatic N) is 2. The predicted molar refractivity (Wildman–Crippen MR) is 66.0 cm³/mol. The van der Waals surface area contributed by atoms with Crippen LogP contribution in [-0.4, -0.2) is 42.3 Å². The second kappa shape index (κ2) is 5.76. The molecule has 0 unspecified atom stereocenters. The zero-order valence-corrected chi connectivity index (χ0v) is 10.8. The third-order valence-corrected chi connectivity index (χ3v) is 4.11. The minimum absolute atomic E-state index is 0.0183. The van der Waals surface area contributed by atoms with Crippen LogP contribution in [0.5, 0.6) is 0 Å². The zero-order chi connectivity index (χ0) is 14.6. The molecule has 1 rings (SSSR count). The number of benzene rings is 1. The van der Waals surface area contributed by atoms with Crippen molar-refractivity contribution in [3.63, 3.8) is 0 Å². The first kappa shape index (κ1) is 15.1. The number of nitro groups is 1. The van der Waals surface area contributed by atoms with E-state index < -0.39 is 33.2 Å². The van der Waals surface area contributed by atoms with Crippen molar-refractivity contribution in [2.24, 2.45) is 0 Å². The molecule has 9 heteroatoms. The van der Waals surface area contributed by atoms with E-state index in [0.29, 0.717) is 4.31 Å². The van der Waals surface area contributed by atoms with Gasteiger partial charge in [-0.2, -0.15) is 4.31 Å². The number of hydrogen-bond acceptors (Lipinski definition) is 5. The van der Waals surface area contributed by atoms with Crippen LogP contribution in [0.3, 0.4) is 0 Å². The Morgan fingerprint density at radius 3 is 2.53 bits per heavy atom.